The summed E-state index contributed by atoms with van der Waals surface area (Å²) in [5.41, 5.74) is -0.168. The summed E-state index contributed by atoms with van der Waals surface area (Å²) < 4.78 is 1.20. The van der Waals surface area contributed by atoms with E-state index >= 15 is 0 Å². The van der Waals surface area contributed by atoms with E-state index in [2.05, 4.69) is 5.10 Å². The molecule has 20 heavy (non-hydrogen) atoms. The molecule has 1 aliphatic heterocycles. The first-order valence-corrected chi connectivity index (χ1v) is 6.06. The highest BCUT2D eigenvalue weighted by atomic mass is 16.6. The summed E-state index contributed by atoms with van der Waals surface area (Å²) >= 11 is 0. The van der Waals surface area contributed by atoms with Crippen molar-refractivity contribution in [2.24, 2.45) is 11.8 Å². The Labute approximate surface area is 113 Å². The van der Waals surface area contributed by atoms with Gasteiger partial charge in [0.1, 0.15) is 18.9 Å². The molecule has 9 heteroatoms. The molecule has 0 aliphatic carbocycles. The Kier molecular flexibility index (Phi) is 3.68. The summed E-state index contributed by atoms with van der Waals surface area (Å²) in [6, 6.07) is 0. The van der Waals surface area contributed by atoms with Crippen molar-refractivity contribution in [3.05, 3.63) is 22.5 Å². The van der Waals surface area contributed by atoms with Crippen molar-refractivity contribution < 1.29 is 19.6 Å². The Bertz CT molecular complexity index is 549. The third-order valence-electron chi connectivity index (χ3n) is 3.49. The molecule has 1 fully saturated rings. The Morgan fingerprint density at radius 3 is 2.75 bits per heavy atom. The fraction of sp³-hybridized carbons (Fsp3) is 0.545. The lowest BCUT2D eigenvalue weighted by Gasteiger charge is -2.41. The van der Waals surface area contributed by atoms with Gasteiger partial charge in [-0.1, -0.05) is 6.92 Å². The maximum absolute atomic E-state index is 11.9. The van der Waals surface area contributed by atoms with Crippen LogP contribution in [0.15, 0.2) is 12.4 Å². The van der Waals surface area contributed by atoms with E-state index in [1.54, 1.807) is 6.92 Å². The van der Waals surface area contributed by atoms with Crippen LogP contribution in [0.25, 0.3) is 0 Å². The molecule has 1 unspecified atom stereocenters. The SMILES string of the molecule is CC(C(=O)O)C1CN(C(=O)Cn2cc([N+](=O)[O-])cn2)C1. The van der Waals surface area contributed by atoms with Crippen molar-refractivity contribution >= 4 is 17.6 Å². The summed E-state index contributed by atoms with van der Waals surface area (Å²) in [6.07, 6.45) is 2.27. The number of amides is 1. The van der Waals surface area contributed by atoms with Crippen molar-refractivity contribution in [2.45, 2.75) is 13.5 Å². The van der Waals surface area contributed by atoms with E-state index in [9.17, 15) is 19.7 Å². The number of carbonyl (C=O) groups excluding carboxylic acids is 1. The van der Waals surface area contributed by atoms with Crippen LogP contribution in [0.2, 0.25) is 0 Å². The number of nitro groups is 1. The summed E-state index contributed by atoms with van der Waals surface area (Å²) in [4.78, 5) is 34.1. The van der Waals surface area contributed by atoms with Gasteiger partial charge in [-0.25, -0.2) is 0 Å². The van der Waals surface area contributed by atoms with Gasteiger partial charge in [0.15, 0.2) is 0 Å². The third-order valence-corrected chi connectivity index (χ3v) is 3.49. The van der Waals surface area contributed by atoms with Crippen LogP contribution in [-0.4, -0.2) is 49.7 Å². The second-order valence-electron chi connectivity index (χ2n) is 4.84. The fourth-order valence-corrected chi connectivity index (χ4v) is 2.01. The number of aromatic nitrogens is 2. The van der Waals surface area contributed by atoms with Gasteiger partial charge in [0.05, 0.1) is 10.8 Å². The maximum atomic E-state index is 11.9. The van der Waals surface area contributed by atoms with Gasteiger partial charge in [0.2, 0.25) is 5.91 Å². The van der Waals surface area contributed by atoms with Crippen molar-refractivity contribution in [1.29, 1.82) is 0 Å². The average Bonchev–Trinajstić information content (AvgIpc) is 2.75. The van der Waals surface area contributed by atoms with Gasteiger partial charge < -0.3 is 10.0 Å². The van der Waals surface area contributed by atoms with Gasteiger partial charge in [0.25, 0.3) is 0 Å². The Morgan fingerprint density at radius 2 is 2.25 bits per heavy atom. The number of carboxylic acid groups (broad SMARTS) is 1. The standard InChI is InChI=1S/C11H14N4O5/c1-7(11(17)18)8-3-13(4-8)10(16)6-14-5-9(2-12-14)15(19)20/h2,5,7-8H,3-4,6H2,1H3,(H,17,18). The number of hydrogen-bond acceptors (Lipinski definition) is 5. The summed E-state index contributed by atoms with van der Waals surface area (Å²) in [7, 11) is 0. The van der Waals surface area contributed by atoms with Crippen LogP contribution < -0.4 is 0 Å². The molecule has 1 aliphatic rings. The summed E-state index contributed by atoms with van der Waals surface area (Å²) in [5, 5.41) is 23.1. The number of carbonyl (C=O) groups is 2. The smallest absolute Gasteiger partial charge is 0.307 e. The zero-order valence-corrected chi connectivity index (χ0v) is 10.8. The van der Waals surface area contributed by atoms with Gasteiger partial charge in [0, 0.05) is 19.0 Å². The van der Waals surface area contributed by atoms with Gasteiger partial charge in [-0.3, -0.25) is 24.4 Å². The maximum Gasteiger partial charge on any atom is 0.307 e. The minimum absolute atomic E-state index is 0.0385. The molecule has 0 spiro atoms. The molecule has 0 aromatic carbocycles. The van der Waals surface area contributed by atoms with Gasteiger partial charge in [-0.2, -0.15) is 5.10 Å². The molecule has 1 aromatic rings. The first kappa shape index (κ1) is 14.0. The molecule has 2 rings (SSSR count). The zero-order valence-electron chi connectivity index (χ0n) is 10.8. The van der Waals surface area contributed by atoms with Crippen molar-refractivity contribution in [3.8, 4) is 0 Å². The Hall–Kier alpha value is -2.45. The molecule has 1 N–H and O–H groups in total. The zero-order chi connectivity index (χ0) is 14.9. The van der Waals surface area contributed by atoms with Crippen LogP contribution in [0.3, 0.4) is 0 Å². The molecule has 0 radical (unpaired) electrons. The van der Waals surface area contributed by atoms with Gasteiger partial charge in [-0.05, 0) is 0 Å². The number of nitrogens with zero attached hydrogens (tertiary/aromatic N) is 4. The highest BCUT2D eigenvalue weighted by molar-refractivity contribution is 5.77. The van der Waals surface area contributed by atoms with Crippen LogP contribution >= 0.6 is 0 Å². The molecule has 1 aromatic heterocycles. The van der Waals surface area contributed by atoms with E-state index in [1.807, 2.05) is 0 Å². The van der Waals surface area contributed by atoms with Crippen LogP contribution in [0.5, 0.6) is 0 Å². The predicted molar refractivity (Wildman–Crippen MR) is 65.8 cm³/mol. The minimum Gasteiger partial charge on any atom is -0.481 e. The largest absolute Gasteiger partial charge is 0.481 e. The predicted octanol–water partition coefficient (Wildman–Crippen LogP) is -0.0296. The molecular formula is C11H14N4O5. The lowest BCUT2D eigenvalue weighted by Crippen LogP contribution is -2.54. The molecule has 9 nitrogen and oxygen atoms in total. The van der Waals surface area contributed by atoms with E-state index in [4.69, 9.17) is 5.11 Å². The lowest BCUT2D eigenvalue weighted by molar-refractivity contribution is -0.385. The second kappa shape index (κ2) is 5.27. The molecule has 2 heterocycles. The van der Waals surface area contributed by atoms with Crippen LogP contribution in [-0.2, 0) is 16.1 Å². The molecule has 1 saturated heterocycles. The number of carboxylic acids is 1. The summed E-state index contributed by atoms with van der Waals surface area (Å²) in [5.74, 6) is -1.62. The topological polar surface area (TPSA) is 119 Å². The van der Waals surface area contributed by atoms with Gasteiger partial charge >= 0.3 is 11.7 Å². The monoisotopic (exact) mass is 282 g/mol. The van der Waals surface area contributed by atoms with Crippen molar-refractivity contribution in [3.63, 3.8) is 0 Å². The number of hydrogen-bond donors (Lipinski definition) is 1. The van der Waals surface area contributed by atoms with E-state index in [0.29, 0.717) is 13.1 Å². The number of likely N-dealkylation sites (tertiary alicyclic amines) is 1. The number of rotatable bonds is 5. The highest BCUT2D eigenvalue weighted by Crippen LogP contribution is 2.24. The van der Waals surface area contributed by atoms with Gasteiger partial charge in [-0.15, -0.1) is 0 Å². The van der Waals surface area contributed by atoms with Crippen LogP contribution in [0.4, 0.5) is 5.69 Å². The molecule has 1 atom stereocenters. The second-order valence-corrected chi connectivity index (χ2v) is 4.84. The first-order valence-electron chi connectivity index (χ1n) is 6.06. The minimum atomic E-state index is -0.871. The summed E-state index contributed by atoms with van der Waals surface area (Å²) in [6.45, 7) is 2.33. The molecule has 0 bridgehead atoms. The average molecular weight is 282 g/mol. The normalized spacial score (nSPS) is 16.6. The van der Waals surface area contributed by atoms with E-state index in [0.717, 1.165) is 6.20 Å². The van der Waals surface area contributed by atoms with Crippen LogP contribution in [0, 0.1) is 22.0 Å². The van der Waals surface area contributed by atoms with Crippen molar-refractivity contribution in [2.75, 3.05) is 13.1 Å². The Balaban J connectivity index is 1.85. The molecular weight excluding hydrogens is 268 g/mol. The Morgan fingerprint density at radius 1 is 1.60 bits per heavy atom. The van der Waals surface area contributed by atoms with E-state index < -0.39 is 16.8 Å². The fourth-order valence-electron chi connectivity index (χ4n) is 2.01. The van der Waals surface area contributed by atoms with Crippen LogP contribution in [0.1, 0.15) is 6.92 Å². The van der Waals surface area contributed by atoms with E-state index in [-0.39, 0.29) is 24.1 Å². The highest BCUT2D eigenvalue weighted by Gasteiger charge is 2.37. The first-order chi connectivity index (χ1) is 9.38. The molecule has 108 valence electrons. The molecule has 1 amide bonds. The molecule has 0 saturated carbocycles. The van der Waals surface area contributed by atoms with E-state index in [1.165, 1.54) is 15.8 Å². The lowest BCUT2D eigenvalue weighted by atomic mass is 9.87. The quantitative estimate of drug-likeness (QED) is 0.598. The number of aliphatic carboxylic acids is 1. The van der Waals surface area contributed by atoms with Crippen molar-refractivity contribution in [1.82, 2.24) is 14.7 Å². The third kappa shape index (κ3) is 2.76.